The van der Waals surface area contributed by atoms with Crippen molar-refractivity contribution < 1.29 is 22.7 Å². The fourth-order valence-corrected chi connectivity index (χ4v) is 3.65. The number of aliphatic imine (C=N–C) groups is 1. The molecule has 0 unspecified atom stereocenters. The van der Waals surface area contributed by atoms with Gasteiger partial charge < -0.3 is 24.5 Å². The molecule has 0 radical (unpaired) electrons. The van der Waals surface area contributed by atoms with Gasteiger partial charge in [-0.1, -0.05) is 0 Å². The van der Waals surface area contributed by atoms with Gasteiger partial charge in [-0.25, -0.2) is 14.8 Å². The number of carbonyl (C=O) groups excluding carboxylic acids is 1. The van der Waals surface area contributed by atoms with Crippen LogP contribution in [0, 0.1) is 11.3 Å². The average molecular weight is 556 g/mol. The number of halogens is 3. The quantitative estimate of drug-likeness (QED) is 0.218. The number of fused-ring (bicyclic) bond motifs is 1. The van der Waals surface area contributed by atoms with Crippen molar-refractivity contribution in [2.45, 2.75) is 32.0 Å². The fraction of sp³-hybridized carbons (Fsp3) is 0.280. The number of imidazole rings is 1. The number of aryl methyl sites for hydroxylation is 2. The number of pyridine rings is 2. The second-order valence-corrected chi connectivity index (χ2v) is 8.81. The van der Waals surface area contributed by atoms with Gasteiger partial charge in [-0.2, -0.15) is 23.4 Å². The number of nitrogens with zero attached hydrogens (tertiary/aromatic N) is 6. The van der Waals surface area contributed by atoms with Gasteiger partial charge >= 0.3 is 12.2 Å². The van der Waals surface area contributed by atoms with Crippen LogP contribution < -0.4 is 26.2 Å². The molecule has 3 aromatic rings. The molecule has 3 N–H and O–H groups in total. The van der Waals surface area contributed by atoms with Gasteiger partial charge in [-0.3, -0.25) is 10.1 Å². The van der Waals surface area contributed by atoms with E-state index in [-0.39, 0.29) is 51.7 Å². The molecular weight excluding hydrogens is 531 g/mol. The van der Waals surface area contributed by atoms with Gasteiger partial charge in [0, 0.05) is 32.4 Å². The first kappa shape index (κ1) is 27.9. The molecular formula is C25H24F3N9O3. The predicted octanol–water partition coefficient (Wildman–Crippen LogP) is 3.59. The van der Waals surface area contributed by atoms with Crippen LogP contribution in [0.1, 0.15) is 30.9 Å². The molecule has 3 aromatic heterocycles. The first-order valence-electron chi connectivity index (χ1n) is 11.9. The number of nitrogens with one attached hydrogen (secondary N) is 3. The van der Waals surface area contributed by atoms with Crippen molar-refractivity contribution in [3.63, 3.8) is 0 Å². The predicted molar refractivity (Wildman–Crippen MR) is 140 cm³/mol. The summed E-state index contributed by atoms with van der Waals surface area (Å²) in [4.78, 5) is 36.8. The van der Waals surface area contributed by atoms with E-state index >= 15 is 0 Å². The molecule has 40 heavy (non-hydrogen) atoms. The van der Waals surface area contributed by atoms with E-state index in [9.17, 15) is 28.0 Å². The van der Waals surface area contributed by atoms with Crippen LogP contribution in [0.4, 0.5) is 29.6 Å². The highest BCUT2D eigenvalue weighted by atomic mass is 19.4. The van der Waals surface area contributed by atoms with E-state index in [1.165, 1.54) is 30.9 Å². The van der Waals surface area contributed by atoms with Crippen LogP contribution in [0.3, 0.4) is 0 Å². The van der Waals surface area contributed by atoms with Gasteiger partial charge in [0.25, 0.3) is 5.56 Å². The third kappa shape index (κ3) is 5.96. The molecule has 0 aliphatic heterocycles. The van der Waals surface area contributed by atoms with Gasteiger partial charge in [0.05, 0.1) is 11.8 Å². The molecule has 0 bridgehead atoms. The average Bonchev–Trinajstić information content (AvgIpc) is 3.66. The van der Waals surface area contributed by atoms with E-state index in [2.05, 4.69) is 37.6 Å². The van der Waals surface area contributed by atoms with Crippen molar-refractivity contribution >= 4 is 35.5 Å². The number of hydrogen-bond donors (Lipinski definition) is 3. The minimum absolute atomic E-state index is 0.0188. The number of alkyl halides is 3. The number of urea groups is 1. The Morgan fingerprint density at radius 3 is 2.67 bits per heavy atom. The maximum Gasteiger partial charge on any atom is 0.417 e. The molecule has 1 aliphatic carbocycles. The Morgan fingerprint density at radius 2 is 2.08 bits per heavy atom. The standard InChI is InChI=1S/C25H24F3N9O3/c1-5-15(9-19(30-2)34-24(39)32-14-6-7-14)40-18-11-31-21-20(16(18)10-29)37(4)23(35-21)33-17-8-13(25(26,27)28)12-36(3)22(17)38/h5,8-9,11-12,14H,2,6-7H2,1,3-4H3,(H,31,33,35)(H2,32,34,39)/b15-5+,19-9+. The van der Waals surface area contributed by atoms with E-state index < -0.39 is 23.3 Å². The van der Waals surface area contributed by atoms with Gasteiger partial charge in [-0.05, 0) is 38.6 Å². The summed E-state index contributed by atoms with van der Waals surface area (Å²) in [6.45, 7) is 5.11. The normalized spacial score (nSPS) is 14.0. The number of carbonyl (C=O) groups is 1. The summed E-state index contributed by atoms with van der Waals surface area (Å²) in [5, 5.41) is 17.9. The third-order valence-corrected chi connectivity index (χ3v) is 5.85. The fourth-order valence-electron chi connectivity index (χ4n) is 3.65. The molecule has 1 saturated carbocycles. The molecule has 4 rings (SSSR count). The van der Waals surface area contributed by atoms with Gasteiger partial charge in [0.2, 0.25) is 5.95 Å². The minimum Gasteiger partial charge on any atom is -0.454 e. The number of aromatic nitrogens is 4. The zero-order chi connectivity index (χ0) is 29.2. The molecule has 0 spiro atoms. The number of amides is 2. The second kappa shape index (κ2) is 10.9. The summed E-state index contributed by atoms with van der Waals surface area (Å²) < 4.78 is 47.9. The second-order valence-electron chi connectivity index (χ2n) is 8.81. The van der Waals surface area contributed by atoms with Crippen molar-refractivity contribution in [1.82, 2.24) is 29.7 Å². The van der Waals surface area contributed by atoms with Crippen molar-refractivity contribution in [3.8, 4) is 11.8 Å². The van der Waals surface area contributed by atoms with Gasteiger partial charge in [0.1, 0.15) is 34.4 Å². The van der Waals surface area contributed by atoms with E-state index in [0.717, 1.165) is 17.4 Å². The lowest BCUT2D eigenvalue weighted by atomic mass is 10.2. The summed E-state index contributed by atoms with van der Waals surface area (Å²) >= 11 is 0. The summed E-state index contributed by atoms with van der Waals surface area (Å²) in [7, 11) is 2.70. The Kier molecular flexibility index (Phi) is 7.62. The lowest BCUT2D eigenvalue weighted by molar-refractivity contribution is -0.138. The Labute approximate surface area is 225 Å². The number of nitriles is 1. The monoisotopic (exact) mass is 555 g/mol. The highest BCUT2D eigenvalue weighted by Gasteiger charge is 2.32. The molecule has 0 saturated heterocycles. The zero-order valence-electron chi connectivity index (χ0n) is 21.6. The maximum absolute atomic E-state index is 13.3. The van der Waals surface area contributed by atoms with Crippen molar-refractivity contribution in [2.24, 2.45) is 19.1 Å². The number of allylic oxidation sites excluding steroid dienone is 2. The number of anilines is 2. The molecule has 2 amide bonds. The number of ether oxygens (including phenoxy) is 1. The van der Waals surface area contributed by atoms with Gasteiger partial charge in [0.15, 0.2) is 11.4 Å². The summed E-state index contributed by atoms with van der Waals surface area (Å²) in [6.07, 6.45) is 2.06. The SMILES string of the molecule is C=N/C(=C\C(=C/C)Oc1cnc2nc(Nc3cc(C(F)(F)F)cn(C)c3=O)n(C)c2c1C#N)NC(=O)NC1CC1. The highest BCUT2D eigenvalue weighted by Crippen LogP contribution is 2.32. The molecule has 1 fully saturated rings. The Morgan fingerprint density at radius 1 is 1.35 bits per heavy atom. The largest absolute Gasteiger partial charge is 0.454 e. The van der Waals surface area contributed by atoms with Crippen LogP contribution in [0.2, 0.25) is 0 Å². The van der Waals surface area contributed by atoms with E-state index in [0.29, 0.717) is 12.3 Å². The molecule has 12 nitrogen and oxygen atoms in total. The van der Waals surface area contributed by atoms with Gasteiger partial charge in [-0.15, -0.1) is 0 Å². The van der Waals surface area contributed by atoms with Crippen LogP contribution in [0.25, 0.3) is 11.2 Å². The highest BCUT2D eigenvalue weighted by molar-refractivity contribution is 5.84. The van der Waals surface area contributed by atoms with Crippen LogP contribution in [0.5, 0.6) is 5.75 Å². The number of hydrogen-bond acceptors (Lipinski definition) is 8. The zero-order valence-corrected chi connectivity index (χ0v) is 21.6. The Bertz CT molecular complexity index is 1660. The molecule has 3 heterocycles. The third-order valence-electron chi connectivity index (χ3n) is 5.85. The molecule has 0 atom stereocenters. The van der Waals surface area contributed by atoms with E-state index in [1.807, 2.05) is 6.07 Å². The lowest BCUT2D eigenvalue weighted by Crippen LogP contribution is -2.35. The first-order valence-corrected chi connectivity index (χ1v) is 11.9. The summed E-state index contributed by atoms with van der Waals surface area (Å²) in [5.74, 6) is 0.325. The molecule has 1 aliphatic rings. The van der Waals surface area contributed by atoms with Crippen molar-refractivity contribution in [3.05, 3.63) is 63.7 Å². The van der Waals surface area contributed by atoms with Crippen LogP contribution in [-0.2, 0) is 20.3 Å². The summed E-state index contributed by atoms with van der Waals surface area (Å²) in [6, 6.07) is 2.41. The Balaban J connectivity index is 1.66. The lowest BCUT2D eigenvalue weighted by Gasteiger charge is -2.12. The smallest absolute Gasteiger partial charge is 0.417 e. The van der Waals surface area contributed by atoms with Crippen LogP contribution >= 0.6 is 0 Å². The van der Waals surface area contributed by atoms with E-state index in [1.54, 1.807) is 13.0 Å². The maximum atomic E-state index is 13.3. The summed E-state index contributed by atoms with van der Waals surface area (Å²) in [5.41, 5.74) is -1.80. The van der Waals surface area contributed by atoms with E-state index in [4.69, 9.17) is 4.74 Å². The molecule has 15 heteroatoms. The molecule has 208 valence electrons. The molecule has 0 aromatic carbocycles. The first-order chi connectivity index (χ1) is 18.9. The van der Waals surface area contributed by atoms with Crippen molar-refractivity contribution in [1.29, 1.82) is 5.26 Å². The van der Waals surface area contributed by atoms with Crippen LogP contribution in [0.15, 0.2) is 52.0 Å². The minimum atomic E-state index is -4.67. The Hall–Kier alpha value is -5.13. The van der Waals surface area contributed by atoms with Crippen molar-refractivity contribution in [2.75, 3.05) is 5.32 Å². The van der Waals surface area contributed by atoms with Crippen LogP contribution in [-0.4, -0.2) is 37.9 Å². The topological polar surface area (TPSA) is 151 Å². The number of rotatable bonds is 8.